The van der Waals surface area contributed by atoms with Crippen molar-refractivity contribution in [1.29, 1.82) is 0 Å². The number of rotatable bonds is 10. The van der Waals surface area contributed by atoms with Crippen molar-refractivity contribution >= 4 is 15.7 Å². The quantitative estimate of drug-likeness (QED) is 0.544. The Morgan fingerprint density at radius 2 is 1.85 bits per heavy atom. The third-order valence-electron chi connectivity index (χ3n) is 8.53. The van der Waals surface area contributed by atoms with E-state index < -0.39 is 15.9 Å². The van der Waals surface area contributed by atoms with E-state index in [0.29, 0.717) is 29.4 Å². The molecule has 184 valence electrons. The number of alkyl halides is 2. The summed E-state index contributed by atoms with van der Waals surface area (Å²) in [6, 6.07) is 7.93. The van der Waals surface area contributed by atoms with Gasteiger partial charge in [0.2, 0.25) is 10.0 Å². The molecule has 0 amide bonds. The van der Waals surface area contributed by atoms with Gasteiger partial charge < -0.3 is 4.90 Å². The molecule has 2 saturated heterocycles. The lowest BCUT2D eigenvalue weighted by molar-refractivity contribution is -0.0643. The van der Waals surface area contributed by atoms with Gasteiger partial charge in [0, 0.05) is 25.2 Å². The van der Waals surface area contributed by atoms with Crippen molar-refractivity contribution < 1.29 is 17.2 Å². The Morgan fingerprint density at radius 1 is 1.12 bits per heavy atom. The summed E-state index contributed by atoms with van der Waals surface area (Å²) < 4.78 is 54.5. The second-order valence-corrected chi connectivity index (χ2v) is 12.8. The lowest BCUT2D eigenvalue weighted by atomic mass is 9.88. The number of nitrogens with zero attached hydrogens (tertiary/aromatic N) is 2. The van der Waals surface area contributed by atoms with E-state index in [9.17, 15) is 17.2 Å². The number of halogens is 2. The first kappa shape index (κ1) is 23.5. The van der Waals surface area contributed by atoms with E-state index in [0.717, 1.165) is 64.8 Å². The Labute approximate surface area is 197 Å². The van der Waals surface area contributed by atoms with Gasteiger partial charge in [-0.05, 0) is 93.1 Å². The summed E-state index contributed by atoms with van der Waals surface area (Å²) in [6.45, 7) is 6.96. The molecule has 0 radical (unpaired) electrons. The van der Waals surface area contributed by atoms with E-state index in [1.54, 1.807) is 0 Å². The number of hydrogen-bond donors (Lipinski definition) is 1. The monoisotopic (exact) mass is 481 g/mol. The molecule has 2 saturated carbocycles. The maximum absolute atomic E-state index is 13.6. The molecule has 0 aromatic heterocycles. The number of sulfonamides is 1. The molecule has 4 aliphatic rings. The number of hydrogen-bond acceptors (Lipinski definition) is 4. The second-order valence-electron chi connectivity index (χ2n) is 10.9. The zero-order chi connectivity index (χ0) is 23.3. The van der Waals surface area contributed by atoms with Gasteiger partial charge in [-0.15, -0.1) is 0 Å². The normalized spacial score (nSPS) is 32.0. The highest BCUT2D eigenvalue weighted by Gasteiger charge is 2.65. The van der Waals surface area contributed by atoms with Crippen LogP contribution in [0.2, 0.25) is 0 Å². The second kappa shape index (κ2) is 8.76. The van der Waals surface area contributed by atoms with E-state index in [4.69, 9.17) is 0 Å². The van der Waals surface area contributed by atoms with Gasteiger partial charge in [0.05, 0.1) is 11.8 Å². The molecular weight excluding hydrogens is 444 g/mol. The summed E-state index contributed by atoms with van der Waals surface area (Å²) in [4.78, 5) is 4.45. The summed E-state index contributed by atoms with van der Waals surface area (Å²) >= 11 is 0. The largest absolute Gasteiger partial charge is 0.303 e. The first-order valence-corrected chi connectivity index (χ1v) is 14.2. The first-order valence-electron chi connectivity index (χ1n) is 12.6. The molecule has 0 spiro atoms. The molecule has 1 aromatic carbocycles. The standard InChI is InChI=1S/C25H37F2N3O2S/c1-2-24(15-19-6-3-7-20(14-19)28-33(31,32)21-8-9-21)22-16-30(17-23(22)24)13-5-12-29-11-4-10-25(26,27)18-29/h3,6-7,14,21-23,28H,2,4-5,8-13,15-18H2,1H3/t22-,23+,24?. The van der Waals surface area contributed by atoms with Crippen LogP contribution in [-0.2, 0) is 16.4 Å². The minimum Gasteiger partial charge on any atom is -0.303 e. The van der Waals surface area contributed by atoms with Crippen molar-refractivity contribution in [2.75, 3.05) is 44.0 Å². The van der Waals surface area contributed by atoms with Crippen LogP contribution in [-0.4, -0.2) is 68.7 Å². The molecule has 2 aliphatic heterocycles. The fourth-order valence-corrected chi connectivity index (χ4v) is 7.90. The summed E-state index contributed by atoms with van der Waals surface area (Å²) in [6.07, 6.45) is 5.25. The predicted octanol–water partition coefficient (Wildman–Crippen LogP) is 4.21. The molecule has 4 fully saturated rings. The Bertz CT molecular complexity index is 954. The summed E-state index contributed by atoms with van der Waals surface area (Å²) in [5, 5.41) is -0.219. The number of piperidine rings is 2. The molecule has 1 aromatic rings. The molecule has 2 aliphatic carbocycles. The van der Waals surface area contributed by atoms with Gasteiger partial charge in [0.25, 0.3) is 5.92 Å². The number of nitrogens with one attached hydrogen (secondary N) is 1. The smallest absolute Gasteiger partial charge is 0.260 e. The highest BCUT2D eigenvalue weighted by atomic mass is 32.2. The fourth-order valence-electron chi connectivity index (χ4n) is 6.52. The van der Waals surface area contributed by atoms with Crippen LogP contribution in [0.15, 0.2) is 24.3 Å². The van der Waals surface area contributed by atoms with Crippen LogP contribution in [0.5, 0.6) is 0 Å². The SMILES string of the molecule is CCC1(Cc2cccc(NS(=O)(=O)C3CC3)c2)[C@@H]2CN(CCCN3CCCC(F)(F)C3)C[C@@H]21. The van der Waals surface area contributed by atoms with Crippen LogP contribution < -0.4 is 4.72 Å². The Hall–Kier alpha value is -1.25. The van der Waals surface area contributed by atoms with Gasteiger partial charge in [-0.3, -0.25) is 9.62 Å². The number of fused-ring (bicyclic) bond motifs is 1. The van der Waals surface area contributed by atoms with Crippen LogP contribution in [0.4, 0.5) is 14.5 Å². The minimum atomic E-state index is -3.24. The Balaban J connectivity index is 1.11. The predicted molar refractivity (Wildman–Crippen MR) is 127 cm³/mol. The molecule has 0 bridgehead atoms. The molecule has 5 rings (SSSR count). The van der Waals surface area contributed by atoms with Gasteiger partial charge in [-0.2, -0.15) is 0 Å². The highest BCUT2D eigenvalue weighted by Crippen LogP contribution is 2.66. The molecule has 8 heteroatoms. The van der Waals surface area contributed by atoms with Gasteiger partial charge in [-0.1, -0.05) is 19.1 Å². The number of likely N-dealkylation sites (tertiary alicyclic amines) is 2. The lowest BCUT2D eigenvalue weighted by Gasteiger charge is -2.33. The number of benzene rings is 1. The van der Waals surface area contributed by atoms with E-state index in [-0.39, 0.29) is 18.2 Å². The summed E-state index contributed by atoms with van der Waals surface area (Å²) in [5.41, 5.74) is 2.21. The molecule has 3 atom stereocenters. The van der Waals surface area contributed by atoms with E-state index in [2.05, 4.69) is 22.6 Å². The van der Waals surface area contributed by atoms with E-state index >= 15 is 0 Å². The first-order chi connectivity index (χ1) is 15.7. The van der Waals surface area contributed by atoms with Gasteiger partial charge in [-0.25, -0.2) is 17.2 Å². The zero-order valence-electron chi connectivity index (χ0n) is 19.6. The Morgan fingerprint density at radius 3 is 2.52 bits per heavy atom. The molecule has 5 nitrogen and oxygen atoms in total. The molecule has 33 heavy (non-hydrogen) atoms. The molecule has 1 unspecified atom stereocenters. The maximum atomic E-state index is 13.6. The fraction of sp³-hybridized carbons (Fsp3) is 0.760. The van der Waals surface area contributed by atoms with Gasteiger partial charge in [0.15, 0.2) is 0 Å². The average molecular weight is 482 g/mol. The zero-order valence-corrected chi connectivity index (χ0v) is 20.4. The average Bonchev–Trinajstić information content (AvgIpc) is 3.64. The van der Waals surface area contributed by atoms with Crippen molar-refractivity contribution in [3.05, 3.63) is 29.8 Å². The van der Waals surface area contributed by atoms with E-state index in [1.165, 1.54) is 5.56 Å². The van der Waals surface area contributed by atoms with Crippen molar-refractivity contribution in [1.82, 2.24) is 9.80 Å². The van der Waals surface area contributed by atoms with E-state index in [1.807, 2.05) is 23.1 Å². The van der Waals surface area contributed by atoms with Gasteiger partial charge >= 0.3 is 0 Å². The third kappa shape index (κ3) is 5.08. The number of anilines is 1. The van der Waals surface area contributed by atoms with Crippen LogP contribution in [0.25, 0.3) is 0 Å². The topological polar surface area (TPSA) is 52.7 Å². The van der Waals surface area contributed by atoms with Crippen molar-refractivity contribution in [3.63, 3.8) is 0 Å². The van der Waals surface area contributed by atoms with Crippen LogP contribution in [0.1, 0.15) is 51.0 Å². The van der Waals surface area contributed by atoms with Crippen molar-refractivity contribution in [3.8, 4) is 0 Å². The minimum absolute atomic E-state index is 0.0351. The van der Waals surface area contributed by atoms with Crippen LogP contribution >= 0.6 is 0 Å². The summed E-state index contributed by atoms with van der Waals surface area (Å²) in [5.74, 6) is -1.13. The molecular formula is C25H37F2N3O2S. The van der Waals surface area contributed by atoms with Crippen molar-refractivity contribution in [2.45, 2.75) is 63.0 Å². The lowest BCUT2D eigenvalue weighted by Crippen LogP contribution is -2.43. The molecule has 2 heterocycles. The summed E-state index contributed by atoms with van der Waals surface area (Å²) in [7, 11) is -3.24. The van der Waals surface area contributed by atoms with Gasteiger partial charge in [0.1, 0.15) is 0 Å². The molecule has 1 N–H and O–H groups in total. The Kier molecular flexibility index (Phi) is 6.23. The maximum Gasteiger partial charge on any atom is 0.260 e. The van der Waals surface area contributed by atoms with Crippen LogP contribution in [0, 0.1) is 17.3 Å². The third-order valence-corrected chi connectivity index (χ3v) is 10.4. The van der Waals surface area contributed by atoms with Crippen molar-refractivity contribution in [2.24, 2.45) is 17.3 Å². The van der Waals surface area contributed by atoms with Crippen LogP contribution in [0.3, 0.4) is 0 Å². The highest BCUT2D eigenvalue weighted by molar-refractivity contribution is 7.93.